The van der Waals surface area contributed by atoms with Crippen LogP contribution in [-0.2, 0) is 5.41 Å². The van der Waals surface area contributed by atoms with E-state index in [1.54, 1.807) is 0 Å². The number of benzene rings is 9. The Morgan fingerprint density at radius 2 is 0.796 bits per heavy atom. The second-order valence-electron chi connectivity index (χ2n) is 13.9. The Morgan fingerprint density at radius 3 is 1.53 bits per heavy atom. The molecule has 0 bridgehead atoms. The standard InChI is InChI=1S/C49H28/c1-2-13-30-27-45-42(26-29(30)12-1)48-39-19-6-5-16-33(39)41(28-46(48)49(45)43-22-9-7-17-35(43)36-18-8-10-23-44(36)49)34-24-25-40-32-15-4-3-14-31(32)37-20-11-21-38(34)47(37)40/h1-28H. The van der Waals surface area contributed by atoms with Crippen molar-refractivity contribution in [1.29, 1.82) is 0 Å². The summed E-state index contributed by atoms with van der Waals surface area (Å²) in [6.07, 6.45) is 0. The van der Waals surface area contributed by atoms with Gasteiger partial charge < -0.3 is 0 Å². The summed E-state index contributed by atoms with van der Waals surface area (Å²) in [5.41, 5.74) is 18.4. The molecule has 0 aliphatic heterocycles. The summed E-state index contributed by atoms with van der Waals surface area (Å²) >= 11 is 0. The van der Waals surface area contributed by atoms with Crippen LogP contribution in [0.2, 0.25) is 0 Å². The lowest BCUT2D eigenvalue weighted by molar-refractivity contribution is 0.796. The van der Waals surface area contributed by atoms with E-state index >= 15 is 0 Å². The topological polar surface area (TPSA) is 0 Å². The van der Waals surface area contributed by atoms with Crippen LogP contribution < -0.4 is 0 Å². The third-order valence-corrected chi connectivity index (χ3v) is 11.8. The SMILES string of the molecule is c1ccc2c(c1)-c1cccc3c(-c4cc5c(c6ccccc46)-c4cc6ccccc6cc4C54c5ccccc5-c5ccccc54)ccc-2c13. The van der Waals surface area contributed by atoms with Crippen LogP contribution in [-0.4, -0.2) is 0 Å². The van der Waals surface area contributed by atoms with Crippen molar-refractivity contribution in [2.75, 3.05) is 0 Å². The third kappa shape index (κ3) is 3.02. The molecule has 0 heterocycles. The first kappa shape index (κ1) is 25.8. The van der Waals surface area contributed by atoms with E-state index in [2.05, 4.69) is 170 Å². The molecule has 9 aromatic carbocycles. The Balaban J connectivity index is 1.27. The van der Waals surface area contributed by atoms with Gasteiger partial charge in [-0.1, -0.05) is 152 Å². The Labute approximate surface area is 284 Å². The minimum absolute atomic E-state index is 0.425. The molecule has 0 aromatic heterocycles. The molecule has 0 N–H and O–H groups in total. The lowest BCUT2D eigenvalue weighted by Crippen LogP contribution is -2.26. The highest BCUT2D eigenvalue weighted by molar-refractivity contribution is 6.21. The van der Waals surface area contributed by atoms with Crippen molar-refractivity contribution >= 4 is 32.3 Å². The minimum Gasteiger partial charge on any atom is -0.0619 e. The number of hydrogen-bond acceptors (Lipinski definition) is 0. The third-order valence-electron chi connectivity index (χ3n) is 11.8. The molecule has 1 spiro atoms. The maximum atomic E-state index is 2.58. The van der Waals surface area contributed by atoms with Crippen LogP contribution in [0.5, 0.6) is 0 Å². The monoisotopic (exact) mass is 616 g/mol. The van der Waals surface area contributed by atoms with Crippen LogP contribution >= 0.6 is 0 Å². The largest absolute Gasteiger partial charge is 0.0726 e. The van der Waals surface area contributed by atoms with Crippen LogP contribution in [0.4, 0.5) is 0 Å². The van der Waals surface area contributed by atoms with Gasteiger partial charge in [0.25, 0.3) is 0 Å². The van der Waals surface area contributed by atoms with E-state index in [0.717, 1.165) is 0 Å². The lowest BCUT2D eigenvalue weighted by atomic mass is 9.69. The predicted molar refractivity (Wildman–Crippen MR) is 205 cm³/mol. The van der Waals surface area contributed by atoms with Gasteiger partial charge in [-0.2, -0.15) is 0 Å². The van der Waals surface area contributed by atoms with Crippen LogP contribution in [0, 0.1) is 0 Å². The Hall–Kier alpha value is -6.24. The molecule has 0 saturated carbocycles. The van der Waals surface area contributed by atoms with Crippen molar-refractivity contribution in [3.8, 4) is 55.6 Å². The maximum absolute atomic E-state index is 2.58. The summed E-state index contributed by atoms with van der Waals surface area (Å²) in [6, 6.07) is 64.3. The van der Waals surface area contributed by atoms with E-state index in [-0.39, 0.29) is 0 Å². The number of hydrogen-bond donors (Lipinski definition) is 0. The van der Waals surface area contributed by atoms with Crippen molar-refractivity contribution in [3.05, 3.63) is 192 Å². The first-order valence-electron chi connectivity index (χ1n) is 17.3. The van der Waals surface area contributed by atoms with E-state index in [1.165, 1.54) is 110 Å². The lowest BCUT2D eigenvalue weighted by Gasteiger charge is -2.31. The van der Waals surface area contributed by atoms with Crippen LogP contribution in [0.25, 0.3) is 88.0 Å². The molecule has 9 aromatic rings. The molecule has 0 saturated heterocycles. The molecule has 12 rings (SSSR count). The number of rotatable bonds is 1. The van der Waals surface area contributed by atoms with Gasteiger partial charge in [-0.25, -0.2) is 0 Å². The average molecular weight is 617 g/mol. The first-order valence-corrected chi connectivity index (χ1v) is 17.3. The van der Waals surface area contributed by atoms with Gasteiger partial charge in [0.05, 0.1) is 5.41 Å². The zero-order valence-electron chi connectivity index (χ0n) is 26.7. The van der Waals surface area contributed by atoms with Crippen molar-refractivity contribution in [2.24, 2.45) is 0 Å². The summed E-state index contributed by atoms with van der Waals surface area (Å²) in [4.78, 5) is 0. The predicted octanol–water partition coefficient (Wildman–Crippen LogP) is 12.8. The van der Waals surface area contributed by atoms with Crippen molar-refractivity contribution < 1.29 is 0 Å². The van der Waals surface area contributed by atoms with Gasteiger partial charge in [-0.05, 0) is 128 Å². The van der Waals surface area contributed by atoms with Gasteiger partial charge in [-0.15, -0.1) is 0 Å². The minimum atomic E-state index is -0.425. The summed E-state index contributed by atoms with van der Waals surface area (Å²) in [7, 11) is 0. The van der Waals surface area contributed by atoms with Gasteiger partial charge in [-0.3, -0.25) is 0 Å². The Morgan fingerprint density at radius 1 is 0.265 bits per heavy atom. The summed E-state index contributed by atoms with van der Waals surface area (Å²) in [6.45, 7) is 0. The highest BCUT2D eigenvalue weighted by atomic mass is 14.5. The van der Waals surface area contributed by atoms with E-state index < -0.39 is 5.41 Å². The van der Waals surface area contributed by atoms with Crippen molar-refractivity contribution in [2.45, 2.75) is 5.41 Å². The molecule has 0 unspecified atom stereocenters. The normalized spacial score (nSPS) is 13.9. The quantitative estimate of drug-likeness (QED) is 0.172. The number of fused-ring (bicyclic) bond motifs is 16. The molecular formula is C49H28. The van der Waals surface area contributed by atoms with Crippen molar-refractivity contribution in [3.63, 3.8) is 0 Å². The smallest absolute Gasteiger partial charge is 0.0619 e. The van der Waals surface area contributed by atoms with E-state index in [9.17, 15) is 0 Å². The van der Waals surface area contributed by atoms with Crippen molar-refractivity contribution in [1.82, 2.24) is 0 Å². The fourth-order valence-corrected chi connectivity index (χ4v) is 9.95. The second kappa shape index (κ2) is 9.01. The highest BCUT2D eigenvalue weighted by Gasteiger charge is 2.52. The molecule has 0 atom stereocenters. The van der Waals surface area contributed by atoms with E-state index in [4.69, 9.17) is 0 Å². The first-order chi connectivity index (χ1) is 24.3. The van der Waals surface area contributed by atoms with Gasteiger partial charge in [0.15, 0.2) is 0 Å². The summed E-state index contributed by atoms with van der Waals surface area (Å²) in [5.74, 6) is 0. The fourth-order valence-electron chi connectivity index (χ4n) is 9.95. The fraction of sp³-hybridized carbons (Fsp3) is 0.0204. The van der Waals surface area contributed by atoms with Crippen LogP contribution in [0.15, 0.2) is 170 Å². The molecule has 49 heavy (non-hydrogen) atoms. The van der Waals surface area contributed by atoms with Gasteiger partial charge in [0.1, 0.15) is 0 Å². The van der Waals surface area contributed by atoms with Crippen LogP contribution in [0.1, 0.15) is 22.3 Å². The van der Waals surface area contributed by atoms with Gasteiger partial charge in [0.2, 0.25) is 0 Å². The molecule has 0 nitrogen and oxygen atoms in total. The molecule has 3 aliphatic carbocycles. The summed E-state index contributed by atoms with van der Waals surface area (Å²) < 4.78 is 0. The van der Waals surface area contributed by atoms with E-state index in [0.29, 0.717) is 0 Å². The molecule has 0 radical (unpaired) electrons. The highest BCUT2D eigenvalue weighted by Crippen LogP contribution is 2.65. The Kier molecular flexibility index (Phi) is 4.74. The molecule has 224 valence electrons. The molecule has 0 amide bonds. The van der Waals surface area contributed by atoms with Gasteiger partial charge >= 0.3 is 0 Å². The Bertz CT molecular complexity index is 2860. The molecular weight excluding hydrogens is 589 g/mol. The second-order valence-corrected chi connectivity index (χ2v) is 13.9. The molecule has 0 fully saturated rings. The van der Waals surface area contributed by atoms with Gasteiger partial charge in [0, 0.05) is 0 Å². The zero-order valence-corrected chi connectivity index (χ0v) is 26.7. The van der Waals surface area contributed by atoms with E-state index in [1.807, 2.05) is 0 Å². The molecule has 3 aliphatic rings. The summed E-state index contributed by atoms with van der Waals surface area (Å²) in [5, 5.41) is 7.87. The maximum Gasteiger partial charge on any atom is 0.0726 e. The molecule has 0 heteroatoms. The average Bonchev–Trinajstić information content (AvgIpc) is 3.76. The van der Waals surface area contributed by atoms with Crippen LogP contribution in [0.3, 0.4) is 0 Å². The zero-order chi connectivity index (χ0) is 31.8.